The van der Waals surface area contributed by atoms with Gasteiger partial charge >= 0.3 is 0 Å². The van der Waals surface area contributed by atoms with Crippen molar-refractivity contribution in [2.45, 2.75) is 225 Å². The highest BCUT2D eigenvalue weighted by molar-refractivity contribution is 5.76. The number of hydrogen-bond donors (Lipinski definition) is 2. The normalized spacial score (nSPS) is 18.6. The van der Waals surface area contributed by atoms with Crippen molar-refractivity contribution >= 4 is 5.91 Å². The fourth-order valence-corrected chi connectivity index (χ4v) is 7.12. The van der Waals surface area contributed by atoms with Crippen molar-refractivity contribution in [2.24, 2.45) is 0 Å². The molecule has 0 aliphatic carbocycles. The number of unbranched alkanes of at least 4 members (excludes halogenated alkanes) is 25. The molecule has 1 aromatic rings. The molecule has 0 radical (unpaired) electrons. The lowest BCUT2D eigenvalue weighted by Gasteiger charge is -2.39. The molecule has 1 fully saturated rings. The quantitative estimate of drug-likeness (QED) is 0.0748. The first kappa shape index (κ1) is 42.7. The van der Waals surface area contributed by atoms with Gasteiger partial charge in [0.05, 0.1) is 18.8 Å². The number of carbonyl (C=O) groups is 1. The van der Waals surface area contributed by atoms with E-state index < -0.39 is 18.5 Å². The van der Waals surface area contributed by atoms with E-state index in [0.29, 0.717) is 19.4 Å². The lowest BCUT2D eigenvalue weighted by molar-refractivity contribution is -0.249. The number of aliphatic hydroxyl groups is 1. The van der Waals surface area contributed by atoms with Crippen LogP contribution in [0, 0.1) is 0 Å². The van der Waals surface area contributed by atoms with Crippen molar-refractivity contribution in [3.05, 3.63) is 35.9 Å². The summed E-state index contributed by atoms with van der Waals surface area (Å²) in [6.07, 6.45) is 34.9. The van der Waals surface area contributed by atoms with Gasteiger partial charge in [-0.05, 0) is 12.8 Å². The molecule has 0 bridgehead atoms. The number of ether oxygens (including phenoxy) is 2. The third kappa shape index (κ3) is 21.6. The monoisotopic (exact) mass is 672 g/mol. The summed E-state index contributed by atoms with van der Waals surface area (Å²) in [4.78, 5) is 12.9. The van der Waals surface area contributed by atoms with E-state index in [1.54, 1.807) is 0 Å². The van der Waals surface area contributed by atoms with E-state index in [4.69, 9.17) is 9.47 Å². The SMILES string of the molecule is CCCCCCCCCCCCCCCCCC(=O)N[C@H]1COC(c2ccccc2)O[C@@H]1[C@H](O)CCCCCCCCCCCCCC. The van der Waals surface area contributed by atoms with Crippen LogP contribution in [0.15, 0.2) is 30.3 Å². The Morgan fingerprint density at radius 2 is 1.06 bits per heavy atom. The molecule has 1 aromatic carbocycles. The average Bonchev–Trinajstić information content (AvgIpc) is 3.10. The highest BCUT2D eigenvalue weighted by Crippen LogP contribution is 2.29. The van der Waals surface area contributed by atoms with Crippen LogP contribution in [0.5, 0.6) is 0 Å². The molecule has 5 nitrogen and oxygen atoms in total. The second kappa shape index (κ2) is 30.4. The molecule has 4 atom stereocenters. The molecule has 1 aliphatic rings. The Labute approximate surface area is 297 Å². The molecule has 0 saturated carbocycles. The zero-order valence-corrected chi connectivity index (χ0v) is 31.6. The largest absolute Gasteiger partial charge is 0.390 e. The molecule has 2 N–H and O–H groups in total. The highest BCUT2D eigenvalue weighted by Gasteiger charge is 2.37. The predicted octanol–water partition coefficient (Wildman–Crippen LogP) is 12.3. The smallest absolute Gasteiger partial charge is 0.220 e. The van der Waals surface area contributed by atoms with Gasteiger partial charge in [-0.15, -0.1) is 0 Å². The molecular formula is C43H77NO4. The van der Waals surface area contributed by atoms with Crippen LogP contribution in [0.2, 0.25) is 0 Å². The summed E-state index contributed by atoms with van der Waals surface area (Å²) in [6, 6.07) is 9.59. The number of rotatable bonds is 32. The van der Waals surface area contributed by atoms with Gasteiger partial charge in [-0.25, -0.2) is 0 Å². The van der Waals surface area contributed by atoms with Crippen molar-refractivity contribution in [1.29, 1.82) is 0 Å². The molecule has 48 heavy (non-hydrogen) atoms. The standard InChI is InChI=1S/C43H77NO4/c1-3-5-7-9-11-13-15-17-18-19-21-23-25-27-32-36-41(46)44-39-37-47-43(38-33-29-28-30-34-38)48-42(39)40(45)35-31-26-24-22-20-16-14-12-10-8-6-4-2/h28-30,33-34,39-40,42-43,45H,3-27,31-32,35-37H2,1-2H3,(H,44,46)/t39-,40+,42-,43?/m0/s1. The summed E-state index contributed by atoms with van der Waals surface area (Å²) in [6.45, 7) is 4.91. The first-order valence-corrected chi connectivity index (χ1v) is 20.9. The van der Waals surface area contributed by atoms with E-state index in [-0.39, 0.29) is 11.9 Å². The number of hydrogen-bond acceptors (Lipinski definition) is 4. The first-order valence-electron chi connectivity index (χ1n) is 20.9. The molecule has 1 aliphatic heterocycles. The number of nitrogens with one attached hydrogen (secondary N) is 1. The summed E-state index contributed by atoms with van der Waals surface area (Å²) in [5.41, 5.74) is 0.947. The van der Waals surface area contributed by atoms with E-state index in [1.807, 2.05) is 30.3 Å². The lowest BCUT2D eigenvalue weighted by Crippen LogP contribution is -2.55. The Kier molecular flexibility index (Phi) is 27.1. The van der Waals surface area contributed by atoms with Crippen LogP contribution in [0.1, 0.15) is 212 Å². The fraction of sp³-hybridized carbons (Fsp3) is 0.837. The second-order valence-corrected chi connectivity index (χ2v) is 14.8. The third-order valence-corrected chi connectivity index (χ3v) is 10.3. The topological polar surface area (TPSA) is 67.8 Å². The van der Waals surface area contributed by atoms with Crippen LogP contribution in [0.25, 0.3) is 0 Å². The van der Waals surface area contributed by atoms with Gasteiger partial charge in [0, 0.05) is 12.0 Å². The average molecular weight is 672 g/mol. The minimum absolute atomic E-state index is 0.0441. The van der Waals surface area contributed by atoms with Crippen LogP contribution in [-0.4, -0.2) is 35.9 Å². The van der Waals surface area contributed by atoms with E-state index >= 15 is 0 Å². The summed E-state index contributed by atoms with van der Waals surface area (Å²) < 4.78 is 12.4. The minimum atomic E-state index is -0.626. The van der Waals surface area contributed by atoms with Gasteiger partial charge in [-0.3, -0.25) is 4.79 Å². The van der Waals surface area contributed by atoms with Gasteiger partial charge < -0.3 is 19.9 Å². The maximum atomic E-state index is 12.9. The Morgan fingerprint density at radius 3 is 1.52 bits per heavy atom. The van der Waals surface area contributed by atoms with Gasteiger partial charge in [0.1, 0.15) is 6.10 Å². The maximum Gasteiger partial charge on any atom is 0.220 e. The molecular weight excluding hydrogens is 594 g/mol. The van der Waals surface area contributed by atoms with Crippen molar-refractivity contribution in [3.8, 4) is 0 Å². The van der Waals surface area contributed by atoms with E-state index in [2.05, 4.69) is 19.2 Å². The fourth-order valence-electron chi connectivity index (χ4n) is 7.12. The van der Waals surface area contributed by atoms with E-state index in [1.165, 1.54) is 148 Å². The summed E-state index contributed by atoms with van der Waals surface area (Å²) in [7, 11) is 0. The van der Waals surface area contributed by atoms with Gasteiger partial charge in [-0.2, -0.15) is 0 Å². The van der Waals surface area contributed by atoms with Crippen LogP contribution in [-0.2, 0) is 14.3 Å². The zero-order valence-electron chi connectivity index (χ0n) is 31.6. The van der Waals surface area contributed by atoms with Crippen molar-refractivity contribution in [2.75, 3.05) is 6.61 Å². The van der Waals surface area contributed by atoms with Crippen LogP contribution >= 0.6 is 0 Å². The number of amides is 1. The molecule has 1 saturated heterocycles. The molecule has 1 heterocycles. The first-order chi connectivity index (χ1) is 23.7. The van der Waals surface area contributed by atoms with Crippen molar-refractivity contribution < 1.29 is 19.4 Å². The van der Waals surface area contributed by atoms with Gasteiger partial charge in [-0.1, -0.05) is 211 Å². The number of benzene rings is 1. The van der Waals surface area contributed by atoms with Crippen molar-refractivity contribution in [1.82, 2.24) is 5.32 Å². The molecule has 1 amide bonds. The maximum absolute atomic E-state index is 12.9. The predicted molar refractivity (Wildman–Crippen MR) is 203 cm³/mol. The van der Waals surface area contributed by atoms with Gasteiger partial charge in [0.2, 0.25) is 5.91 Å². The highest BCUT2D eigenvalue weighted by atomic mass is 16.7. The molecule has 0 aromatic heterocycles. The van der Waals surface area contributed by atoms with E-state index in [9.17, 15) is 9.90 Å². The lowest BCUT2D eigenvalue weighted by atomic mass is 9.98. The second-order valence-electron chi connectivity index (χ2n) is 14.8. The summed E-state index contributed by atoms with van der Waals surface area (Å²) >= 11 is 0. The molecule has 0 spiro atoms. The van der Waals surface area contributed by atoms with Gasteiger partial charge in [0.25, 0.3) is 0 Å². The van der Waals surface area contributed by atoms with Crippen molar-refractivity contribution in [3.63, 3.8) is 0 Å². The van der Waals surface area contributed by atoms with Gasteiger partial charge in [0.15, 0.2) is 6.29 Å². The Hall–Kier alpha value is -1.43. The Bertz CT molecular complexity index is 848. The zero-order chi connectivity index (χ0) is 34.3. The van der Waals surface area contributed by atoms with Crippen LogP contribution < -0.4 is 5.32 Å². The minimum Gasteiger partial charge on any atom is -0.390 e. The molecule has 1 unspecified atom stereocenters. The number of aliphatic hydroxyl groups excluding tert-OH is 1. The Morgan fingerprint density at radius 1 is 0.646 bits per heavy atom. The van der Waals surface area contributed by atoms with Crippen LogP contribution in [0.3, 0.4) is 0 Å². The van der Waals surface area contributed by atoms with Crippen LogP contribution in [0.4, 0.5) is 0 Å². The molecule has 5 heteroatoms. The Balaban J connectivity index is 1.60. The molecule has 2 rings (SSSR count). The molecule has 278 valence electrons. The third-order valence-electron chi connectivity index (χ3n) is 10.3. The summed E-state index contributed by atoms with van der Waals surface area (Å²) in [5.74, 6) is 0.0441. The van der Waals surface area contributed by atoms with E-state index in [0.717, 1.165) is 31.2 Å². The summed E-state index contributed by atoms with van der Waals surface area (Å²) in [5, 5.41) is 14.4. The number of carbonyl (C=O) groups excluding carboxylic acids is 1.